The van der Waals surface area contributed by atoms with Crippen molar-refractivity contribution in [3.05, 3.63) is 24.0 Å². The van der Waals surface area contributed by atoms with Gasteiger partial charge in [0, 0.05) is 25.0 Å². The molecule has 0 unspecified atom stereocenters. The molecule has 0 atom stereocenters. The van der Waals surface area contributed by atoms with Crippen LogP contribution in [-0.2, 0) is 0 Å². The normalized spacial score (nSPS) is 10.7. The first-order valence-corrected chi connectivity index (χ1v) is 6.51. The Morgan fingerprint density at radius 3 is 2.72 bits per heavy atom. The number of nitrogens with zero attached hydrogens (tertiary/aromatic N) is 2. The maximum Gasteiger partial charge on any atom is 0.339 e. The summed E-state index contributed by atoms with van der Waals surface area (Å²) in [6.07, 6.45) is 6.48. The molecular weight excluding hydrogens is 228 g/mol. The summed E-state index contributed by atoms with van der Waals surface area (Å²) in [6.45, 7) is 7.21. The van der Waals surface area contributed by atoms with E-state index in [1.54, 1.807) is 12.3 Å². The highest BCUT2D eigenvalue weighted by atomic mass is 16.4. The van der Waals surface area contributed by atoms with Crippen LogP contribution in [-0.4, -0.2) is 28.6 Å². The van der Waals surface area contributed by atoms with E-state index in [9.17, 15) is 9.90 Å². The molecule has 1 heterocycles. The number of unbranched alkanes of at least 4 members (excludes halogenated alkanes) is 2. The topological polar surface area (TPSA) is 53.4 Å². The third-order valence-electron chi connectivity index (χ3n) is 2.96. The molecule has 1 N–H and O–H groups in total. The first-order chi connectivity index (χ1) is 8.57. The summed E-state index contributed by atoms with van der Waals surface area (Å²) >= 11 is 0. The highest BCUT2D eigenvalue weighted by molar-refractivity contribution is 5.94. The summed E-state index contributed by atoms with van der Waals surface area (Å²) < 4.78 is 0. The van der Waals surface area contributed by atoms with Crippen LogP contribution in [0.5, 0.6) is 0 Å². The number of hydrogen-bond donors (Lipinski definition) is 1. The summed E-state index contributed by atoms with van der Waals surface area (Å²) in [6, 6.07) is 2.07. The minimum absolute atomic E-state index is 0.280. The number of carboxylic acids is 1. The Morgan fingerprint density at radius 1 is 1.44 bits per heavy atom. The van der Waals surface area contributed by atoms with E-state index in [-0.39, 0.29) is 11.6 Å². The number of aromatic carboxylic acids is 1. The van der Waals surface area contributed by atoms with Crippen molar-refractivity contribution in [2.45, 2.75) is 46.1 Å². The second-order valence-corrected chi connectivity index (χ2v) is 4.69. The van der Waals surface area contributed by atoms with Gasteiger partial charge in [-0.1, -0.05) is 19.8 Å². The third kappa shape index (κ3) is 3.72. The van der Waals surface area contributed by atoms with E-state index in [1.165, 1.54) is 6.20 Å². The fourth-order valence-corrected chi connectivity index (χ4v) is 1.99. The van der Waals surface area contributed by atoms with Gasteiger partial charge in [0.15, 0.2) is 0 Å². The van der Waals surface area contributed by atoms with Crippen LogP contribution in [0.1, 0.15) is 50.4 Å². The van der Waals surface area contributed by atoms with Crippen LogP contribution in [0.15, 0.2) is 18.5 Å². The molecule has 0 radical (unpaired) electrons. The van der Waals surface area contributed by atoms with Crippen molar-refractivity contribution in [1.82, 2.24) is 4.98 Å². The minimum Gasteiger partial charge on any atom is -0.478 e. The first kappa shape index (κ1) is 14.5. The number of aromatic nitrogens is 1. The summed E-state index contributed by atoms with van der Waals surface area (Å²) in [5.74, 6) is -0.917. The van der Waals surface area contributed by atoms with Gasteiger partial charge in [-0.05, 0) is 26.3 Å². The molecule has 0 fully saturated rings. The van der Waals surface area contributed by atoms with E-state index in [2.05, 4.69) is 30.7 Å². The van der Waals surface area contributed by atoms with Crippen molar-refractivity contribution in [3.63, 3.8) is 0 Å². The molecule has 0 aromatic carbocycles. The number of carboxylic acid groups (broad SMARTS) is 1. The standard InChI is InChI=1S/C14H22N2O2/c1-4-5-6-9-16(11(2)3)13-7-8-15-10-12(13)14(17)18/h7-8,10-11H,4-6,9H2,1-3H3,(H,17,18). The van der Waals surface area contributed by atoms with Crippen LogP contribution in [0, 0.1) is 0 Å². The first-order valence-electron chi connectivity index (χ1n) is 6.51. The lowest BCUT2D eigenvalue weighted by molar-refractivity contribution is 0.0697. The van der Waals surface area contributed by atoms with E-state index < -0.39 is 5.97 Å². The van der Waals surface area contributed by atoms with Gasteiger partial charge in [0.2, 0.25) is 0 Å². The predicted molar refractivity (Wildman–Crippen MR) is 73.2 cm³/mol. The molecule has 0 aliphatic carbocycles. The van der Waals surface area contributed by atoms with Gasteiger partial charge in [-0.25, -0.2) is 4.79 Å². The molecule has 1 rings (SSSR count). The van der Waals surface area contributed by atoms with Gasteiger partial charge in [-0.3, -0.25) is 4.98 Å². The molecule has 0 bridgehead atoms. The lowest BCUT2D eigenvalue weighted by atomic mass is 10.1. The predicted octanol–water partition coefficient (Wildman–Crippen LogP) is 3.18. The number of hydrogen-bond acceptors (Lipinski definition) is 3. The number of anilines is 1. The summed E-state index contributed by atoms with van der Waals surface area (Å²) in [5, 5.41) is 9.20. The average molecular weight is 250 g/mol. The fourth-order valence-electron chi connectivity index (χ4n) is 1.99. The van der Waals surface area contributed by atoms with E-state index in [0.29, 0.717) is 0 Å². The average Bonchev–Trinajstić information content (AvgIpc) is 2.34. The molecule has 18 heavy (non-hydrogen) atoms. The summed E-state index contributed by atoms with van der Waals surface area (Å²) in [7, 11) is 0. The minimum atomic E-state index is -0.917. The zero-order valence-corrected chi connectivity index (χ0v) is 11.4. The Balaban J connectivity index is 2.94. The number of carbonyl (C=O) groups is 1. The summed E-state index contributed by atoms with van der Waals surface area (Å²) in [5.41, 5.74) is 1.05. The van der Waals surface area contributed by atoms with Crippen molar-refractivity contribution >= 4 is 11.7 Å². The van der Waals surface area contributed by atoms with E-state index in [1.807, 2.05) is 0 Å². The van der Waals surface area contributed by atoms with Crippen molar-refractivity contribution in [1.29, 1.82) is 0 Å². The van der Waals surface area contributed by atoms with Crippen LogP contribution in [0.4, 0.5) is 5.69 Å². The molecule has 100 valence electrons. The molecule has 4 heteroatoms. The van der Waals surface area contributed by atoms with Crippen LogP contribution in [0.2, 0.25) is 0 Å². The molecule has 4 nitrogen and oxygen atoms in total. The van der Waals surface area contributed by atoms with Gasteiger partial charge in [-0.15, -0.1) is 0 Å². The molecule has 1 aromatic heterocycles. The van der Waals surface area contributed by atoms with Crippen LogP contribution in [0.25, 0.3) is 0 Å². The van der Waals surface area contributed by atoms with E-state index in [0.717, 1.165) is 31.5 Å². The smallest absolute Gasteiger partial charge is 0.339 e. The van der Waals surface area contributed by atoms with Crippen molar-refractivity contribution < 1.29 is 9.90 Å². The Labute approximate surface area is 109 Å². The van der Waals surface area contributed by atoms with Crippen molar-refractivity contribution in [3.8, 4) is 0 Å². The molecule has 0 saturated heterocycles. The second-order valence-electron chi connectivity index (χ2n) is 4.69. The maximum atomic E-state index is 11.2. The highest BCUT2D eigenvalue weighted by Gasteiger charge is 2.17. The zero-order valence-electron chi connectivity index (χ0n) is 11.4. The van der Waals surface area contributed by atoms with Crippen molar-refractivity contribution in [2.24, 2.45) is 0 Å². The van der Waals surface area contributed by atoms with Crippen molar-refractivity contribution in [2.75, 3.05) is 11.4 Å². The van der Waals surface area contributed by atoms with Gasteiger partial charge >= 0.3 is 5.97 Å². The number of pyridine rings is 1. The SMILES string of the molecule is CCCCCN(c1ccncc1C(=O)O)C(C)C. The Morgan fingerprint density at radius 2 is 2.17 bits per heavy atom. The Bertz CT molecular complexity index is 391. The Kier molecular flexibility index (Phi) is 5.62. The van der Waals surface area contributed by atoms with E-state index in [4.69, 9.17) is 0 Å². The van der Waals surface area contributed by atoms with Gasteiger partial charge in [0.05, 0.1) is 5.69 Å². The van der Waals surface area contributed by atoms with E-state index >= 15 is 0 Å². The zero-order chi connectivity index (χ0) is 13.5. The molecule has 1 aromatic rings. The van der Waals surface area contributed by atoms with Gasteiger partial charge in [0.25, 0.3) is 0 Å². The van der Waals surface area contributed by atoms with Crippen LogP contribution >= 0.6 is 0 Å². The largest absolute Gasteiger partial charge is 0.478 e. The fraction of sp³-hybridized carbons (Fsp3) is 0.571. The second kappa shape index (κ2) is 6.99. The van der Waals surface area contributed by atoms with Gasteiger partial charge < -0.3 is 10.0 Å². The molecule has 0 aliphatic heterocycles. The Hall–Kier alpha value is -1.58. The molecule has 0 amide bonds. The molecule has 0 spiro atoms. The monoisotopic (exact) mass is 250 g/mol. The van der Waals surface area contributed by atoms with Crippen LogP contribution < -0.4 is 4.90 Å². The summed E-state index contributed by atoms with van der Waals surface area (Å²) in [4.78, 5) is 17.2. The van der Waals surface area contributed by atoms with Gasteiger partial charge in [0.1, 0.15) is 5.56 Å². The molecular formula is C14H22N2O2. The number of rotatable bonds is 7. The molecule has 0 saturated carbocycles. The third-order valence-corrected chi connectivity index (χ3v) is 2.96. The maximum absolute atomic E-state index is 11.2. The lowest BCUT2D eigenvalue weighted by Gasteiger charge is -2.30. The highest BCUT2D eigenvalue weighted by Crippen LogP contribution is 2.22. The molecule has 0 aliphatic rings. The lowest BCUT2D eigenvalue weighted by Crippen LogP contribution is -2.33. The quantitative estimate of drug-likeness (QED) is 0.755. The van der Waals surface area contributed by atoms with Gasteiger partial charge in [-0.2, -0.15) is 0 Å². The van der Waals surface area contributed by atoms with Crippen LogP contribution in [0.3, 0.4) is 0 Å².